The van der Waals surface area contributed by atoms with Gasteiger partial charge < -0.3 is 0 Å². The maximum absolute atomic E-state index is 11.6. The number of benzene rings is 2. The second-order valence-corrected chi connectivity index (χ2v) is 8.86. The van der Waals surface area contributed by atoms with Gasteiger partial charge in [0.15, 0.2) is 9.84 Å². The second-order valence-electron chi connectivity index (χ2n) is 5.22. The monoisotopic (exact) mass is 360 g/mol. The van der Waals surface area contributed by atoms with Crippen molar-refractivity contribution in [1.29, 1.82) is 0 Å². The third-order valence-corrected chi connectivity index (χ3v) is 6.27. The summed E-state index contributed by atoms with van der Waals surface area (Å²) < 4.78 is 23.2. The number of hydrogen-bond acceptors (Lipinski definition) is 4. The van der Waals surface area contributed by atoms with Crippen LogP contribution in [0.15, 0.2) is 69.1 Å². The molecule has 0 fully saturated rings. The first-order valence-corrected chi connectivity index (χ1v) is 11.1. The molecule has 5 heteroatoms. The molecule has 0 atom stereocenters. The molecule has 2 nitrogen and oxygen atoms in total. The molecule has 0 amide bonds. The Labute approximate surface area is 145 Å². The van der Waals surface area contributed by atoms with Crippen LogP contribution in [0.3, 0.4) is 0 Å². The van der Waals surface area contributed by atoms with Crippen LogP contribution >= 0.6 is 23.1 Å². The highest BCUT2D eigenvalue weighted by Gasteiger charge is 2.11. The van der Waals surface area contributed by atoms with E-state index >= 15 is 0 Å². The molecule has 3 rings (SSSR count). The number of hydrogen-bond donors (Lipinski definition) is 0. The molecule has 0 radical (unpaired) electrons. The van der Waals surface area contributed by atoms with Crippen LogP contribution in [0.1, 0.15) is 0 Å². The number of sulfone groups is 1. The van der Waals surface area contributed by atoms with Gasteiger partial charge in [0.25, 0.3) is 0 Å². The summed E-state index contributed by atoms with van der Waals surface area (Å²) in [4.78, 5) is 1.59. The van der Waals surface area contributed by atoms with Gasteiger partial charge in [-0.15, -0.1) is 11.8 Å². The zero-order valence-electron chi connectivity index (χ0n) is 12.8. The minimum atomic E-state index is -3.16. The standard InChI is InChI=1S/C18H16O2S3/c1-21-15-7-3-13(4-8-15)17-11-22-12-18(17)14-5-9-16(10-6-14)23(2,19)20/h3-12H,1-2H3. The Bertz CT molecular complexity index is 906. The van der Waals surface area contributed by atoms with Crippen LogP contribution in [-0.4, -0.2) is 20.9 Å². The van der Waals surface area contributed by atoms with Crippen LogP contribution < -0.4 is 0 Å². The average Bonchev–Trinajstić information content (AvgIpc) is 3.04. The smallest absolute Gasteiger partial charge is 0.175 e. The van der Waals surface area contributed by atoms with Crippen molar-refractivity contribution >= 4 is 32.9 Å². The Hall–Kier alpha value is -1.56. The highest BCUT2D eigenvalue weighted by atomic mass is 32.2. The summed E-state index contributed by atoms with van der Waals surface area (Å²) in [6.07, 6.45) is 3.29. The molecule has 0 aliphatic rings. The fourth-order valence-corrected chi connectivity index (χ4v) is 4.30. The van der Waals surface area contributed by atoms with Gasteiger partial charge in [0.2, 0.25) is 0 Å². The van der Waals surface area contributed by atoms with E-state index in [4.69, 9.17) is 0 Å². The lowest BCUT2D eigenvalue weighted by molar-refractivity contribution is 0.602. The van der Waals surface area contributed by atoms with Crippen LogP contribution in [0.25, 0.3) is 22.3 Å². The second kappa shape index (κ2) is 6.51. The van der Waals surface area contributed by atoms with Crippen molar-refractivity contribution < 1.29 is 8.42 Å². The molecule has 23 heavy (non-hydrogen) atoms. The Kier molecular flexibility index (Phi) is 4.62. The lowest BCUT2D eigenvalue weighted by Gasteiger charge is -2.07. The van der Waals surface area contributed by atoms with Crippen LogP contribution in [-0.2, 0) is 9.84 Å². The molecule has 0 saturated heterocycles. The van der Waals surface area contributed by atoms with Crippen LogP contribution in [0, 0.1) is 0 Å². The summed E-state index contributed by atoms with van der Waals surface area (Å²) >= 11 is 3.38. The third kappa shape index (κ3) is 3.52. The normalized spacial score (nSPS) is 11.6. The van der Waals surface area contributed by atoms with E-state index < -0.39 is 9.84 Å². The minimum absolute atomic E-state index is 0.349. The average molecular weight is 361 g/mol. The zero-order valence-corrected chi connectivity index (χ0v) is 15.3. The maximum atomic E-state index is 11.6. The summed E-state index contributed by atoms with van der Waals surface area (Å²) in [5.74, 6) is 0. The highest BCUT2D eigenvalue weighted by molar-refractivity contribution is 7.98. The summed E-state index contributed by atoms with van der Waals surface area (Å²) in [6.45, 7) is 0. The predicted molar refractivity (Wildman–Crippen MR) is 100 cm³/mol. The molecule has 3 aromatic rings. The molecule has 0 saturated carbocycles. The van der Waals surface area contributed by atoms with Gasteiger partial charge in [-0.3, -0.25) is 0 Å². The Morgan fingerprint density at radius 1 is 0.826 bits per heavy atom. The van der Waals surface area contributed by atoms with Crippen LogP contribution in [0.2, 0.25) is 0 Å². The molecule has 0 bridgehead atoms. The van der Waals surface area contributed by atoms with Gasteiger partial charge in [-0.1, -0.05) is 24.3 Å². The van der Waals surface area contributed by atoms with Gasteiger partial charge in [-0.05, 0) is 52.4 Å². The molecular formula is C18H16O2S3. The van der Waals surface area contributed by atoms with E-state index in [-0.39, 0.29) is 0 Å². The number of thioether (sulfide) groups is 1. The summed E-state index contributed by atoms with van der Waals surface area (Å²) in [5.41, 5.74) is 4.51. The van der Waals surface area contributed by atoms with E-state index in [0.717, 1.165) is 11.1 Å². The minimum Gasteiger partial charge on any atom is -0.224 e. The van der Waals surface area contributed by atoms with Gasteiger partial charge in [-0.2, -0.15) is 11.3 Å². The van der Waals surface area contributed by atoms with Crippen molar-refractivity contribution in [2.24, 2.45) is 0 Å². The molecule has 2 aromatic carbocycles. The molecule has 118 valence electrons. The van der Waals surface area contributed by atoms with E-state index in [1.165, 1.54) is 22.3 Å². The van der Waals surface area contributed by atoms with E-state index in [1.807, 2.05) is 12.1 Å². The molecule has 1 aromatic heterocycles. The molecule has 0 unspecified atom stereocenters. The van der Waals surface area contributed by atoms with E-state index in [1.54, 1.807) is 35.2 Å². The fourth-order valence-electron chi connectivity index (χ4n) is 2.40. The Morgan fingerprint density at radius 3 is 1.74 bits per heavy atom. The first-order valence-electron chi connectivity index (χ1n) is 7.00. The van der Waals surface area contributed by atoms with Crippen molar-refractivity contribution in [2.75, 3.05) is 12.5 Å². The van der Waals surface area contributed by atoms with E-state index in [2.05, 4.69) is 41.3 Å². The Balaban J connectivity index is 2.00. The van der Waals surface area contributed by atoms with Crippen molar-refractivity contribution in [3.63, 3.8) is 0 Å². The molecule has 0 spiro atoms. The maximum Gasteiger partial charge on any atom is 0.175 e. The van der Waals surface area contributed by atoms with Crippen molar-refractivity contribution in [1.82, 2.24) is 0 Å². The molecular weight excluding hydrogens is 344 g/mol. The first-order chi connectivity index (χ1) is 11.0. The third-order valence-electron chi connectivity index (χ3n) is 3.66. The van der Waals surface area contributed by atoms with Crippen LogP contribution in [0.4, 0.5) is 0 Å². The van der Waals surface area contributed by atoms with Crippen LogP contribution in [0.5, 0.6) is 0 Å². The summed E-state index contributed by atoms with van der Waals surface area (Å²) in [7, 11) is -3.16. The highest BCUT2D eigenvalue weighted by Crippen LogP contribution is 2.36. The zero-order chi connectivity index (χ0) is 16.4. The SMILES string of the molecule is CSc1ccc(-c2cscc2-c2ccc(S(C)(=O)=O)cc2)cc1. The Morgan fingerprint density at radius 2 is 1.30 bits per heavy atom. The fraction of sp³-hybridized carbons (Fsp3) is 0.111. The van der Waals surface area contributed by atoms with Crippen molar-refractivity contribution in [2.45, 2.75) is 9.79 Å². The largest absolute Gasteiger partial charge is 0.224 e. The van der Waals surface area contributed by atoms with E-state index in [9.17, 15) is 8.42 Å². The van der Waals surface area contributed by atoms with Gasteiger partial charge in [0, 0.05) is 22.3 Å². The number of rotatable bonds is 4. The molecule has 0 N–H and O–H groups in total. The van der Waals surface area contributed by atoms with Gasteiger partial charge in [0.05, 0.1) is 4.90 Å². The van der Waals surface area contributed by atoms with Gasteiger partial charge >= 0.3 is 0 Å². The topological polar surface area (TPSA) is 34.1 Å². The molecule has 0 aliphatic carbocycles. The number of thiophene rings is 1. The van der Waals surface area contributed by atoms with Crippen molar-refractivity contribution in [3.05, 3.63) is 59.3 Å². The van der Waals surface area contributed by atoms with Crippen molar-refractivity contribution in [3.8, 4) is 22.3 Å². The molecule has 1 heterocycles. The summed E-state index contributed by atoms with van der Waals surface area (Å²) in [6, 6.07) is 15.6. The molecule has 0 aliphatic heterocycles. The van der Waals surface area contributed by atoms with E-state index in [0.29, 0.717) is 4.90 Å². The summed E-state index contributed by atoms with van der Waals surface area (Å²) in [5, 5.41) is 4.24. The lowest BCUT2D eigenvalue weighted by Crippen LogP contribution is -1.96. The predicted octanol–water partition coefficient (Wildman–Crippen LogP) is 5.21. The van der Waals surface area contributed by atoms with Gasteiger partial charge in [0.1, 0.15) is 0 Å². The lowest BCUT2D eigenvalue weighted by atomic mass is 9.99. The first kappa shape index (κ1) is 16.3. The quantitative estimate of drug-likeness (QED) is 0.599. The van der Waals surface area contributed by atoms with Gasteiger partial charge in [-0.25, -0.2) is 8.42 Å².